The molecule has 8 heteroatoms. The Bertz CT molecular complexity index is 987. The number of nitrogens with one attached hydrogen (secondary N) is 3. The van der Waals surface area contributed by atoms with Gasteiger partial charge >= 0.3 is 0 Å². The summed E-state index contributed by atoms with van der Waals surface area (Å²) in [7, 11) is -3.18. The molecule has 0 aliphatic carbocycles. The minimum atomic E-state index is -3.18. The van der Waals surface area contributed by atoms with Gasteiger partial charge in [0, 0.05) is 31.4 Å². The van der Waals surface area contributed by atoms with Gasteiger partial charge in [0.15, 0.2) is 9.84 Å². The fourth-order valence-electron chi connectivity index (χ4n) is 4.34. The molecular formula is C23H30N4O3S. The molecule has 7 nitrogen and oxygen atoms in total. The van der Waals surface area contributed by atoms with Crippen LogP contribution in [0.2, 0.25) is 0 Å². The monoisotopic (exact) mass is 442 g/mol. The van der Waals surface area contributed by atoms with Crippen molar-refractivity contribution in [2.45, 2.75) is 36.7 Å². The maximum Gasteiger partial charge on any atom is 0.226 e. The molecule has 2 aliphatic heterocycles. The molecule has 2 saturated heterocycles. The van der Waals surface area contributed by atoms with E-state index in [0.717, 1.165) is 37.2 Å². The maximum atomic E-state index is 12.9. The molecule has 2 unspecified atom stereocenters. The molecule has 2 atom stereocenters. The van der Waals surface area contributed by atoms with Crippen molar-refractivity contribution in [2.75, 3.05) is 30.3 Å². The third-order valence-corrected chi connectivity index (χ3v) is 8.01. The molecule has 31 heavy (non-hydrogen) atoms. The number of piperidine rings is 1. The molecule has 4 rings (SSSR count). The van der Waals surface area contributed by atoms with E-state index in [1.165, 1.54) is 0 Å². The first-order chi connectivity index (χ1) is 15.0. The van der Waals surface area contributed by atoms with Crippen molar-refractivity contribution in [1.82, 2.24) is 16.2 Å². The largest absolute Gasteiger partial charge is 0.371 e. The number of rotatable bonds is 6. The lowest BCUT2D eigenvalue weighted by molar-refractivity contribution is -0.125. The molecule has 0 saturated carbocycles. The Morgan fingerprint density at radius 1 is 1.06 bits per heavy atom. The number of hydrogen-bond donors (Lipinski definition) is 3. The molecule has 166 valence electrons. The second-order valence-electron chi connectivity index (χ2n) is 8.19. The summed E-state index contributed by atoms with van der Waals surface area (Å²) in [6, 6.07) is 17.3. The molecule has 2 aromatic carbocycles. The van der Waals surface area contributed by atoms with Crippen molar-refractivity contribution < 1.29 is 13.2 Å². The Morgan fingerprint density at radius 3 is 2.39 bits per heavy atom. The number of hydrogen-bond acceptors (Lipinski definition) is 6. The van der Waals surface area contributed by atoms with Crippen LogP contribution in [-0.2, 0) is 14.6 Å². The van der Waals surface area contributed by atoms with Crippen LogP contribution in [0.25, 0.3) is 0 Å². The molecular weight excluding hydrogens is 412 g/mol. The van der Waals surface area contributed by atoms with Crippen molar-refractivity contribution in [3.8, 4) is 0 Å². The highest BCUT2D eigenvalue weighted by atomic mass is 32.2. The van der Waals surface area contributed by atoms with Gasteiger partial charge in [-0.25, -0.2) is 13.8 Å². The van der Waals surface area contributed by atoms with Crippen molar-refractivity contribution in [1.29, 1.82) is 0 Å². The van der Waals surface area contributed by atoms with Crippen molar-refractivity contribution in [3.05, 3.63) is 60.2 Å². The topological polar surface area (TPSA) is 90.5 Å². The molecule has 3 N–H and O–H groups in total. The average molecular weight is 443 g/mol. The Kier molecular flexibility index (Phi) is 6.60. The standard InChI is InChI=1S/C23H30N4O3S/c1-2-31(29,30)20-10-8-19(9-11-20)27-14-12-18(13-15-27)25-23(28)21-16-24-26-22(21)17-6-4-3-5-7-17/h3-11,18,21-22,24,26H,2,12-16H2,1H3,(H,25,28). The van der Waals surface area contributed by atoms with E-state index >= 15 is 0 Å². The molecule has 0 spiro atoms. The van der Waals surface area contributed by atoms with Gasteiger partial charge in [-0.1, -0.05) is 37.3 Å². The van der Waals surface area contributed by atoms with Crippen LogP contribution in [0.15, 0.2) is 59.5 Å². The quantitative estimate of drug-likeness (QED) is 0.634. The Labute approximate surface area is 184 Å². The van der Waals surface area contributed by atoms with Crippen LogP contribution in [0.3, 0.4) is 0 Å². The van der Waals surface area contributed by atoms with Gasteiger partial charge < -0.3 is 10.2 Å². The van der Waals surface area contributed by atoms with E-state index in [2.05, 4.69) is 21.1 Å². The smallest absolute Gasteiger partial charge is 0.226 e. The van der Waals surface area contributed by atoms with Crippen LogP contribution in [0.1, 0.15) is 31.4 Å². The van der Waals surface area contributed by atoms with Crippen LogP contribution in [0.4, 0.5) is 5.69 Å². The van der Waals surface area contributed by atoms with E-state index in [0.29, 0.717) is 11.4 Å². The third kappa shape index (κ3) is 4.92. The first kappa shape index (κ1) is 21.8. The summed E-state index contributed by atoms with van der Waals surface area (Å²) in [6.07, 6.45) is 1.73. The Hall–Kier alpha value is -2.42. The van der Waals surface area contributed by atoms with Gasteiger partial charge in [0.1, 0.15) is 0 Å². The summed E-state index contributed by atoms with van der Waals surface area (Å²) < 4.78 is 24.0. The van der Waals surface area contributed by atoms with E-state index in [9.17, 15) is 13.2 Å². The minimum absolute atomic E-state index is 0.0285. The number of nitrogens with zero attached hydrogens (tertiary/aromatic N) is 1. The number of amides is 1. The lowest BCUT2D eigenvalue weighted by Crippen LogP contribution is -2.47. The lowest BCUT2D eigenvalue weighted by Gasteiger charge is -2.34. The predicted molar refractivity (Wildman–Crippen MR) is 121 cm³/mol. The van der Waals surface area contributed by atoms with Crippen LogP contribution in [0.5, 0.6) is 0 Å². The van der Waals surface area contributed by atoms with E-state index in [1.807, 2.05) is 42.5 Å². The molecule has 2 fully saturated rings. The normalized spacial score (nSPS) is 22.4. The van der Waals surface area contributed by atoms with Gasteiger partial charge in [-0.15, -0.1) is 0 Å². The number of benzene rings is 2. The second-order valence-corrected chi connectivity index (χ2v) is 10.5. The molecule has 0 bridgehead atoms. The van der Waals surface area contributed by atoms with E-state index in [-0.39, 0.29) is 29.7 Å². The summed E-state index contributed by atoms with van der Waals surface area (Å²) in [5, 5.41) is 3.24. The number of carbonyl (C=O) groups is 1. The highest BCUT2D eigenvalue weighted by Gasteiger charge is 2.35. The molecule has 2 heterocycles. The van der Waals surface area contributed by atoms with E-state index in [1.54, 1.807) is 19.1 Å². The van der Waals surface area contributed by atoms with Gasteiger partial charge in [0.05, 0.1) is 22.6 Å². The Morgan fingerprint density at radius 2 is 1.74 bits per heavy atom. The SMILES string of the molecule is CCS(=O)(=O)c1ccc(N2CCC(NC(=O)C3CNNC3c3ccccc3)CC2)cc1. The van der Waals surface area contributed by atoms with E-state index in [4.69, 9.17) is 0 Å². The van der Waals surface area contributed by atoms with Gasteiger partial charge in [-0.05, 0) is 42.7 Å². The summed E-state index contributed by atoms with van der Waals surface area (Å²) >= 11 is 0. The zero-order valence-corrected chi connectivity index (χ0v) is 18.6. The van der Waals surface area contributed by atoms with Gasteiger partial charge in [0.2, 0.25) is 5.91 Å². The zero-order chi connectivity index (χ0) is 21.8. The number of anilines is 1. The molecule has 0 radical (unpaired) electrons. The summed E-state index contributed by atoms with van der Waals surface area (Å²) in [4.78, 5) is 15.6. The van der Waals surface area contributed by atoms with Gasteiger partial charge in [-0.2, -0.15) is 0 Å². The van der Waals surface area contributed by atoms with Crippen LogP contribution >= 0.6 is 0 Å². The fourth-order valence-corrected chi connectivity index (χ4v) is 5.22. The van der Waals surface area contributed by atoms with Crippen molar-refractivity contribution in [3.63, 3.8) is 0 Å². The summed E-state index contributed by atoms with van der Waals surface area (Å²) in [6.45, 7) is 3.92. The van der Waals surface area contributed by atoms with E-state index < -0.39 is 9.84 Å². The number of carbonyl (C=O) groups excluding carboxylic acids is 1. The van der Waals surface area contributed by atoms with Gasteiger partial charge in [-0.3, -0.25) is 10.2 Å². The number of sulfone groups is 1. The Balaban J connectivity index is 1.31. The molecule has 2 aromatic rings. The third-order valence-electron chi connectivity index (χ3n) is 6.26. The van der Waals surface area contributed by atoms with Crippen LogP contribution < -0.4 is 21.1 Å². The summed E-state index contributed by atoms with van der Waals surface area (Å²) in [5.74, 6) is 0.0432. The highest BCUT2D eigenvalue weighted by molar-refractivity contribution is 7.91. The molecule has 0 aromatic heterocycles. The average Bonchev–Trinajstić information content (AvgIpc) is 3.30. The predicted octanol–water partition coefficient (Wildman–Crippen LogP) is 2.03. The first-order valence-electron chi connectivity index (χ1n) is 10.9. The van der Waals surface area contributed by atoms with Crippen LogP contribution in [0, 0.1) is 5.92 Å². The van der Waals surface area contributed by atoms with Gasteiger partial charge in [0.25, 0.3) is 0 Å². The fraction of sp³-hybridized carbons (Fsp3) is 0.435. The zero-order valence-electron chi connectivity index (χ0n) is 17.8. The second kappa shape index (κ2) is 9.38. The maximum absolute atomic E-state index is 12.9. The van der Waals surface area contributed by atoms with Crippen molar-refractivity contribution >= 4 is 21.4 Å². The minimum Gasteiger partial charge on any atom is -0.371 e. The van der Waals surface area contributed by atoms with Crippen LogP contribution in [-0.4, -0.2) is 45.8 Å². The van der Waals surface area contributed by atoms with Crippen molar-refractivity contribution in [2.24, 2.45) is 5.92 Å². The first-order valence-corrected chi connectivity index (χ1v) is 12.5. The lowest BCUT2D eigenvalue weighted by atomic mass is 9.93. The summed E-state index contributed by atoms with van der Waals surface area (Å²) in [5.41, 5.74) is 8.48. The molecule has 1 amide bonds. The molecule has 2 aliphatic rings. The number of hydrazine groups is 1. The highest BCUT2D eigenvalue weighted by Crippen LogP contribution is 2.26.